The number of carbonyl (C=O) groups is 2. The molecule has 1 amide bonds. The molecule has 0 aliphatic carbocycles. The molecule has 0 aromatic carbocycles. The van der Waals surface area contributed by atoms with E-state index < -0.39 is 12.0 Å². The average molecular weight is 394 g/mol. The van der Waals surface area contributed by atoms with Crippen LogP contribution in [-0.4, -0.2) is 23.7 Å². The molecule has 6 heteroatoms. The fraction of sp³-hybridized carbons (Fsp3) is 0.905. The van der Waals surface area contributed by atoms with Gasteiger partial charge in [-0.05, 0) is 6.42 Å². The van der Waals surface area contributed by atoms with Crippen molar-refractivity contribution < 1.29 is 33.6 Å². The van der Waals surface area contributed by atoms with E-state index in [2.05, 4.69) is 24.9 Å². The first-order valence-corrected chi connectivity index (χ1v) is 11.4. The zero-order valence-corrected chi connectivity index (χ0v) is 18.7. The number of unbranched alkanes of at least 4 members (excludes halogenated alkanes) is 14. The molecule has 1 N–H and O–H groups in total. The SMILES string of the molecule is CCCCCCCCCCCCCCCCCC(=O)NC(CS)C(=O)[O-].[Li+]. The first-order chi connectivity index (χ1) is 12.6. The molecule has 0 spiro atoms. The third kappa shape index (κ3) is 20.4. The predicted molar refractivity (Wildman–Crippen MR) is 110 cm³/mol. The maximum atomic E-state index is 11.6. The minimum Gasteiger partial charge on any atom is -0.548 e. The molecule has 0 saturated heterocycles. The molecular weight excluding hydrogens is 353 g/mol. The number of thiol groups is 1. The topological polar surface area (TPSA) is 69.2 Å². The zero-order valence-electron chi connectivity index (χ0n) is 17.8. The van der Waals surface area contributed by atoms with Gasteiger partial charge in [-0.2, -0.15) is 12.6 Å². The van der Waals surface area contributed by atoms with Gasteiger partial charge in [0, 0.05) is 12.2 Å². The van der Waals surface area contributed by atoms with Gasteiger partial charge in [0.2, 0.25) is 5.91 Å². The van der Waals surface area contributed by atoms with Crippen LogP contribution < -0.4 is 29.3 Å². The predicted octanol–water partition coefficient (Wildman–Crippen LogP) is 1.42. The van der Waals surface area contributed by atoms with Gasteiger partial charge in [0.25, 0.3) is 0 Å². The van der Waals surface area contributed by atoms with E-state index >= 15 is 0 Å². The maximum Gasteiger partial charge on any atom is 1.00 e. The van der Waals surface area contributed by atoms with E-state index in [1.807, 2.05) is 0 Å². The van der Waals surface area contributed by atoms with Crippen LogP contribution in [0.5, 0.6) is 0 Å². The van der Waals surface area contributed by atoms with E-state index in [9.17, 15) is 14.7 Å². The quantitative estimate of drug-likeness (QED) is 0.198. The van der Waals surface area contributed by atoms with Crippen molar-refractivity contribution in [1.29, 1.82) is 0 Å². The minimum atomic E-state index is -1.27. The van der Waals surface area contributed by atoms with Gasteiger partial charge in [-0.25, -0.2) is 0 Å². The Kier molecular flexibility index (Phi) is 23.9. The molecule has 0 radical (unpaired) electrons. The smallest absolute Gasteiger partial charge is 0.548 e. The molecule has 4 nitrogen and oxygen atoms in total. The summed E-state index contributed by atoms with van der Waals surface area (Å²) in [5.41, 5.74) is 0. The molecule has 0 saturated carbocycles. The van der Waals surface area contributed by atoms with Crippen molar-refractivity contribution in [3.8, 4) is 0 Å². The number of nitrogens with one attached hydrogen (secondary N) is 1. The molecule has 1 unspecified atom stereocenters. The van der Waals surface area contributed by atoms with Gasteiger partial charge in [-0.3, -0.25) is 4.79 Å². The van der Waals surface area contributed by atoms with E-state index in [0.717, 1.165) is 19.3 Å². The Labute approximate surface area is 184 Å². The normalized spacial score (nSPS) is 11.6. The number of carboxylic acid groups (broad SMARTS) is 1. The van der Waals surface area contributed by atoms with Gasteiger partial charge in [0.05, 0.1) is 12.0 Å². The van der Waals surface area contributed by atoms with Crippen molar-refractivity contribution in [3.05, 3.63) is 0 Å². The summed E-state index contributed by atoms with van der Waals surface area (Å²) in [6, 6.07) is -0.984. The third-order valence-corrected chi connectivity index (χ3v) is 5.17. The van der Waals surface area contributed by atoms with Crippen LogP contribution >= 0.6 is 12.6 Å². The van der Waals surface area contributed by atoms with Crippen LogP contribution in [0.3, 0.4) is 0 Å². The number of hydrogen-bond acceptors (Lipinski definition) is 4. The van der Waals surface area contributed by atoms with Crippen molar-refractivity contribution >= 4 is 24.5 Å². The van der Waals surface area contributed by atoms with E-state index in [-0.39, 0.29) is 30.5 Å². The molecule has 27 heavy (non-hydrogen) atoms. The summed E-state index contributed by atoms with van der Waals surface area (Å²) in [5, 5.41) is 13.1. The van der Waals surface area contributed by atoms with Crippen LogP contribution in [0.4, 0.5) is 0 Å². The van der Waals surface area contributed by atoms with Crippen molar-refractivity contribution in [2.45, 2.75) is 116 Å². The summed E-state index contributed by atoms with van der Waals surface area (Å²) in [4.78, 5) is 22.3. The van der Waals surface area contributed by atoms with Gasteiger partial charge in [-0.1, -0.05) is 96.8 Å². The van der Waals surface area contributed by atoms with E-state index in [0.29, 0.717) is 6.42 Å². The number of rotatable bonds is 19. The molecule has 0 aliphatic rings. The molecule has 0 aromatic rings. The van der Waals surface area contributed by atoms with Crippen LogP contribution in [0, 0.1) is 0 Å². The number of carbonyl (C=O) groups excluding carboxylic acids is 2. The fourth-order valence-electron chi connectivity index (χ4n) is 3.10. The molecule has 1 atom stereocenters. The van der Waals surface area contributed by atoms with Crippen molar-refractivity contribution in [2.75, 3.05) is 5.75 Å². The Bertz CT molecular complexity index is 356. The molecule has 0 aliphatic heterocycles. The summed E-state index contributed by atoms with van der Waals surface area (Å²) in [6.45, 7) is 2.26. The fourth-order valence-corrected chi connectivity index (χ4v) is 3.34. The Hall–Kier alpha value is -0.113. The second-order valence-corrected chi connectivity index (χ2v) is 7.69. The Balaban J connectivity index is 0. The first-order valence-electron chi connectivity index (χ1n) is 10.7. The zero-order chi connectivity index (χ0) is 19.5. The number of amides is 1. The Morgan fingerprint density at radius 3 is 1.48 bits per heavy atom. The van der Waals surface area contributed by atoms with Crippen molar-refractivity contribution in [1.82, 2.24) is 5.32 Å². The Morgan fingerprint density at radius 1 is 0.778 bits per heavy atom. The monoisotopic (exact) mass is 393 g/mol. The molecule has 0 fully saturated rings. The second-order valence-electron chi connectivity index (χ2n) is 7.32. The van der Waals surface area contributed by atoms with Gasteiger partial charge >= 0.3 is 18.9 Å². The largest absolute Gasteiger partial charge is 1.00 e. The van der Waals surface area contributed by atoms with Crippen molar-refractivity contribution in [3.63, 3.8) is 0 Å². The molecule has 0 bridgehead atoms. The van der Waals surface area contributed by atoms with E-state index in [4.69, 9.17) is 0 Å². The van der Waals surface area contributed by atoms with Gasteiger partial charge in [0.15, 0.2) is 0 Å². The molecular formula is C21H40LiNO3S. The summed E-state index contributed by atoms with van der Waals surface area (Å²) >= 11 is 3.89. The second kappa shape index (κ2) is 22.2. The molecule has 0 rings (SSSR count). The van der Waals surface area contributed by atoms with Crippen LogP contribution in [0.15, 0.2) is 0 Å². The number of carboxylic acids is 1. The van der Waals surface area contributed by atoms with Crippen LogP contribution in [-0.2, 0) is 9.59 Å². The standard InChI is InChI=1S/C21H41NO3S.Li/c1-2-3-4-5-6-7-8-9-10-11-12-13-14-15-16-17-20(23)22-19(18-26)21(24)25;/h19,26H,2-18H2,1H3,(H,22,23)(H,24,25);/q;+1/p-1. The third-order valence-electron chi connectivity index (χ3n) is 4.81. The molecule has 0 aromatic heterocycles. The summed E-state index contributed by atoms with van der Waals surface area (Å²) < 4.78 is 0. The van der Waals surface area contributed by atoms with Gasteiger partial charge < -0.3 is 15.2 Å². The minimum absolute atomic E-state index is 0. The molecule has 154 valence electrons. The maximum absolute atomic E-state index is 11.6. The van der Waals surface area contributed by atoms with E-state index in [1.54, 1.807) is 0 Å². The number of aliphatic carboxylic acids is 1. The average Bonchev–Trinajstić information content (AvgIpc) is 2.62. The van der Waals surface area contributed by atoms with Crippen LogP contribution in [0.1, 0.15) is 110 Å². The summed E-state index contributed by atoms with van der Waals surface area (Å²) in [5.74, 6) is -1.43. The molecule has 0 heterocycles. The summed E-state index contributed by atoms with van der Waals surface area (Å²) in [7, 11) is 0. The van der Waals surface area contributed by atoms with Gasteiger partial charge in [0.1, 0.15) is 0 Å². The first kappa shape index (κ1) is 29.1. The van der Waals surface area contributed by atoms with Crippen molar-refractivity contribution in [2.24, 2.45) is 0 Å². The van der Waals surface area contributed by atoms with E-state index in [1.165, 1.54) is 77.0 Å². The Morgan fingerprint density at radius 2 is 1.15 bits per heavy atom. The van der Waals surface area contributed by atoms with Crippen LogP contribution in [0.25, 0.3) is 0 Å². The summed E-state index contributed by atoms with van der Waals surface area (Å²) in [6.07, 6.45) is 19.7. The van der Waals surface area contributed by atoms with Crippen LogP contribution in [0.2, 0.25) is 0 Å². The number of hydrogen-bond donors (Lipinski definition) is 2. The van der Waals surface area contributed by atoms with Gasteiger partial charge in [-0.15, -0.1) is 0 Å².